The minimum atomic E-state index is -0.348. The second-order valence-electron chi connectivity index (χ2n) is 3.14. The van der Waals surface area contributed by atoms with Crippen LogP contribution in [0.3, 0.4) is 0 Å². The first kappa shape index (κ1) is 10.1. The Morgan fingerprint density at radius 1 is 1.62 bits per heavy atom. The molecule has 1 fully saturated rings. The van der Waals surface area contributed by atoms with Gasteiger partial charge in [-0.3, -0.25) is 0 Å². The van der Waals surface area contributed by atoms with Crippen LogP contribution in [-0.4, -0.2) is 32.3 Å². The van der Waals surface area contributed by atoms with Crippen molar-refractivity contribution in [1.82, 2.24) is 5.32 Å². The van der Waals surface area contributed by atoms with Crippen molar-refractivity contribution in [3.8, 4) is 0 Å². The van der Waals surface area contributed by atoms with E-state index in [2.05, 4.69) is 17.0 Å². The van der Waals surface area contributed by atoms with Gasteiger partial charge in [0, 0.05) is 18.2 Å². The Morgan fingerprint density at radius 2 is 2.38 bits per heavy atom. The molecule has 0 aromatic rings. The smallest absolute Gasteiger partial charge is 0.331 e. The molecule has 0 aliphatic carbocycles. The Morgan fingerprint density at radius 3 is 2.92 bits per heavy atom. The number of carbonyl (C=O) groups is 1. The van der Waals surface area contributed by atoms with Crippen molar-refractivity contribution in [1.29, 1.82) is 0 Å². The zero-order valence-corrected chi connectivity index (χ0v) is 7.95. The van der Waals surface area contributed by atoms with Gasteiger partial charge >= 0.3 is 5.97 Å². The third-order valence-electron chi connectivity index (χ3n) is 2.10. The van der Waals surface area contributed by atoms with E-state index in [0.29, 0.717) is 18.6 Å². The summed E-state index contributed by atoms with van der Waals surface area (Å²) in [6.07, 6.45) is 2.98. The molecule has 1 aliphatic rings. The molecule has 1 aliphatic heterocycles. The summed E-state index contributed by atoms with van der Waals surface area (Å²) in [6.45, 7) is 3.59. The van der Waals surface area contributed by atoms with Gasteiger partial charge in [-0.2, -0.15) is 0 Å². The second kappa shape index (κ2) is 4.87. The molecule has 1 saturated heterocycles. The first-order valence-electron chi connectivity index (χ1n) is 4.32. The van der Waals surface area contributed by atoms with Crippen LogP contribution in [0.1, 0.15) is 6.92 Å². The van der Waals surface area contributed by atoms with E-state index in [1.807, 2.05) is 0 Å². The highest BCUT2D eigenvalue weighted by molar-refractivity contribution is 5.81. The molecule has 0 bridgehead atoms. The van der Waals surface area contributed by atoms with Gasteiger partial charge in [0.25, 0.3) is 0 Å². The number of hydrogen-bond acceptors (Lipinski definition) is 4. The Hall–Kier alpha value is -1.03. The predicted octanol–water partition coefficient (Wildman–Crippen LogP) is 0.298. The van der Waals surface area contributed by atoms with E-state index in [-0.39, 0.29) is 5.97 Å². The fourth-order valence-corrected chi connectivity index (χ4v) is 1.18. The van der Waals surface area contributed by atoms with Gasteiger partial charge in [0.05, 0.1) is 26.4 Å². The SMILES string of the molecule is COC(=O)/C=C/NC1COCC1C. The topological polar surface area (TPSA) is 47.6 Å². The van der Waals surface area contributed by atoms with E-state index < -0.39 is 0 Å². The van der Waals surface area contributed by atoms with Gasteiger partial charge in [0.15, 0.2) is 0 Å². The third-order valence-corrected chi connectivity index (χ3v) is 2.10. The summed E-state index contributed by atoms with van der Waals surface area (Å²) in [5.74, 6) is 0.140. The number of methoxy groups -OCH3 is 1. The van der Waals surface area contributed by atoms with E-state index in [1.165, 1.54) is 13.2 Å². The highest BCUT2D eigenvalue weighted by Gasteiger charge is 2.22. The van der Waals surface area contributed by atoms with Gasteiger partial charge in [-0.1, -0.05) is 6.92 Å². The lowest BCUT2D eigenvalue weighted by Crippen LogP contribution is -2.30. The number of ether oxygens (including phenoxy) is 2. The predicted molar refractivity (Wildman–Crippen MR) is 48.1 cm³/mol. The maximum absolute atomic E-state index is 10.7. The summed E-state index contributed by atoms with van der Waals surface area (Å²) in [4.78, 5) is 10.7. The van der Waals surface area contributed by atoms with Crippen LogP contribution in [-0.2, 0) is 14.3 Å². The van der Waals surface area contributed by atoms with Gasteiger partial charge in [-0.05, 0) is 0 Å². The van der Waals surface area contributed by atoms with E-state index in [1.54, 1.807) is 6.20 Å². The molecule has 0 saturated carbocycles. The fourth-order valence-electron chi connectivity index (χ4n) is 1.18. The zero-order chi connectivity index (χ0) is 9.68. The molecule has 0 amide bonds. The quantitative estimate of drug-likeness (QED) is 0.507. The molecule has 0 aromatic heterocycles. The van der Waals surface area contributed by atoms with Crippen molar-refractivity contribution in [2.24, 2.45) is 5.92 Å². The summed E-state index contributed by atoms with van der Waals surface area (Å²) in [7, 11) is 1.36. The summed E-state index contributed by atoms with van der Waals surface area (Å²) in [5, 5.41) is 3.09. The highest BCUT2D eigenvalue weighted by Crippen LogP contribution is 2.11. The summed E-state index contributed by atoms with van der Waals surface area (Å²) < 4.78 is 9.69. The normalized spacial score (nSPS) is 27.8. The van der Waals surface area contributed by atoms with E-state index in [4.69, 9.17) is 4.74 Å². The first-order valence-corrected chi connectivity index (χ1v) is 4.32. The fraction of sp³-hybridized carbons (Fsp3) is 0.667. The van der Waals surface area contributed by atoms with Crippen LogP contribution in [0.25, 0.3) is 0 Å². The Balaban J connectivity index is 2.25. The van der Waals surface area contributed by atoms with Crippen molar-refractivity contribution < 1.29 is 14.3 Å². The lowest BCUT2D eigenvalue weighted by atomic mass is 10.1. The number of esters is 1. The minimum Gasteiger partial charge on any atom is -0.466 e. The van der Waals surface area contributed by atoms with Crippen molar-refractivity contribution in [3.05, 3.63) is 12.3 Å². The monoisotopic (exact) mass is 185 g/mol. The molecule has 1 heterocycles. The maximum Gasteiger partial charge on any atom is 0.331 e. The maximum atomic E-state index is 10.7. The standard InChI is InChI=1S/C9H15NO3/c1-7-5-13-6-8(7)10-4-3-9(11)12-2/h3-4,7-8,10H,5-6H2,1-2H3/b4-3+. The molecule has 0 spiro atoms. The van der Waals surface area contributed by atoms with Gasteiger partial charge in [-0.25, -0.2) is 4.79 Å². The Labute approximate surface area is 77.9 Å². The van der Waals surface area contributed by atoms with Crippen LogP contribution in [0.5, 0.6) is 0 Å². The lowest BCUT2D eigenvalue weighted by molar-refractivity contribution is -0.134. The van der Waals surface area contributed by atoms with Crippen LogP contribution >= 0.6 is 0 Å². The Bertz CT molecular complexity index is 203. The average molecular weight is 185 g/mol. The van der Waals surface area contributed by atoms with E-state index in [0.717, 1.165) is 6.61 Å². The number of carbonyl (C=O) groups excluding carboxylic acids is 1. The average Bonchev–Trinajstić information content (AvgIpc) is 2.52. The third kappa shape index (κ3) is 3.06. The summed E-state index contributed by atoms with van der Waals surface area (Å²) >= 11 is 0. The number of rotatable bonds is 3. The molecule has 1 N–H and O–H groups in total. The minimum absolute atomic E-state index is 0.306. The molecule has 4 heteroatoms. The van der Waals surface area contributed by atoms with Crippen LogP contribution in [0.2, 0.25) is 0 Å². The van der Waals surface area contributed by atoms with Crippen LogP contribution in [0.4, 0.5) is 0 Å². The van der Waals surface area contributed by atoms with Crippen LogP contribution < -0.4 is 5.32 Å². The van der Waals surface area contributed by atoms with Crippen molar-refractivity contribution in [3.63, 3.8) is 0 Å². The molecule has 0 radical (unpaired) electrons. The lowest BCUT2D eigenvalue weighted by Gasteiger charge is -2.12. The summed E-state index contributed by atoms with van der Waals surface area (Å²) in [5.41, 5.74) is 0. The molecule has 2 atom stereocenters. The van der Waals surface area contributed by atoms with Gasteiger partial charge in [0.1, 0.15) is 0 Å². The van der Waals surface area contributed by atoms with Crippen molar-refractivity contribution in [2.75, 3.05) is 20.3 Å². The van der Waals surface area contributed by atoms with Crippen LogP contribution in [0, 0.1) is 5.92 Å². The molecule has 4 nitrogen and oxygen atoms in total. The number of hydrogen-bond donors (Lipinski definition) is 1. The molecular weight excluding hydrogens is 170 g/mol. The molecule has 13 heavy (non-hydrogen) atoms. The van der Waals surface area contributed by atoms with E-state index >= 15 is 0 Å². The van der Waals surface area contributed by atoms with Crippen molar-refractivity contribution >= 4 is 5.97 Å². The largest absolute Gasteiger partial charge is 0.466 e. The molecular formula is C9H15NO3. The van der Waals surface area contributed by atoms with E-state index in [9.17, 15) is 4.79 Å². The summed E-state index contributed by atoms with van der Waals surface area (Å²) in [6, 6.07) is 0.306. The van der Waals surface area contributed by atoms with Crippen molar-refractivity contribution in [2.45, 2.75) is 13.0 Å². The van der Waals surface area contributed by atoms with Crippen LogP contribution in [0.15, 0.2) is 12.3 Å². The number of nitrogens with one attached hydrogen (secondary N) is 1. The molecule has 0 aromatic carbocycles. The molecule has 74 valence electrons. The molecule has 1 rings (SSSR count). The second-order valence-corrected chi connectivity index (χ2v) is 3.14. The van der Waals surface area contributed by atoms with Gasteiger partial charge in [0.2, 0.25) is 0 Å². The molecule has 2 unspecified atom stereocenters. The zero-order valence-electron chi connectivity index (χ0n) is 7.95. The van der Waals surface area contributed by atoms with Gasteiger partial charge in [-0.15, -0.1) is 0 Å². The Kier molecular flexibility index (Phi) is 3.76. The highest BCUT2D eigenvalue weighted by atomic mass is 16.5. The van der Waals surface area contributed by atoms with Gasteiger partial charge < -0.3 is 14.8 Å². The first-order chi connectivity index (χ1) is 6.24.